The van der Waals surface area contributed by atoms with E-state index in [1.54, 1.807) is 0 Å². The number of alkyl halides is 1. The van der Waals surface area contributed by atoms with Crippen molar-refractivity contribution in [3.63, 3.8) is 0 Å². The highest BCUT2D eigenvalue weighted by atomic mass is 127. The first-order valence-corrected chi connectivity index (χ1v) is 6.00. The van der Waals surface area contributed by atoms with Crippen molar-refractivity contribution in [1.29, 1.82) is 0 Å². The third-order valence-electron chi connectivity index (χ3n) is 2.02. The van der Waals surface area contributed by atoms with Gasteiger partial charge in [0.15, 0.2) is 0 Å². The highest BCUT2D eigenvalue weighted by Gasteiger charge is 2.10. The second-order valence-corrected chi connectivity index (χ2v) is 4.86. The molecule has 1 N–H and O–H groups in total. The molecule has 4 heteroatoms. The Balaban J connectivity index is 3.49. The van der Waals surface area contributed by atoms with Gasteiger partial charge in [-0.3, -0.25) is 4.79 Å². The molecule has 0 rings (SSSR count). The van der Waals surface area contributed by atoms with Gasteiger partial charge >= 0.3 is 5.97 Å². The van der Waals surface area contributed by atoms with E-state index in [2.05, 4.69) is 36.4 Å². The van der Waals surface area contributed by atoms with Gasteiger partial charge in [0.05, 0.1) is 13.1 Å². The van der Waals surface area contributed by atoms with Gasteiger partial charge < -0.3 is 9.64 Å². The first kappa shape index (κ1) is 13.2. The molecule has 0 bridgehead atoms. The van der Waals surface area contributed by atoms with E-state index in [1.807, 2.05) is 6.92 Å². The van der Waals surface area contributed by atoms with E-state index in [9.17, 15) is 4.79 Å². The van der Waals surface area contributed by atoms with Crippen LogP contribution in [0.15, 0.2) is 0 Å². The van der Waals surface area contributed by atoms with Crippen molar-refractivity contribution in [1.82, 2.24) is 0 Å². The maximum atomic E-state index is 11.1. The Morgan fingerprint density at radius 3 is 2.38 bits per heavy atom. The summed E-state index contributed by atoms with van der Waals surface area (Å²) in [5, 5.41) is 0. The third kappa shape index (κ3) is 6.26. The Kier molecular flexibility index (Phi) is 7.65. The van der Waals surface area contributed by atoms with Crippen molar-refractivity contribution in [2.75, 3.05) is 26.2 Å². The van der Waals surface area contributed by atoms with Crippen LogP contribution < -0.4 is 4.90 Å². The molecule has 0 spiro atoms. The fraction of sp³-hybridized carbons (Fsp3) is 0.889. The van der Waals surface area contributed by atoms with E-state index in [0.717, 1.165) is 19.6 Å². The van der Waals surface area contributed by atoms with Crippen LogP contribution in [0.2, 0.25) is 0 Å². The minimum absolute atomic E-state index is 0.0377. The smallest absolute Gasteiger partial charge is 0.318 e. The summed E-state index contributed by atoms with van der Waals surface area (Å²) in [5.41, 5.74) is 0. The van der Waals surface area contributed by atoms with Gasteiger partial charge in [0.1, 0.15) is 17.1 Å². The van der Waals surface area contributed by atoms with Crippen LogP contribution in [-0.4, -0.2) is 36.1 Å². The number of hydrogen-bond donors (Lipinski definition) is 1. The Hall–Kier alpha value is 0.160. The second-order valence-electron chi connectivity index (χ2n) is 2.99. The van der Waals surface area contributed by atoms with Gasteiger partial charge in [0.25, 0.3) is 0 Å². The number of likely N-dealkylation sites (N-methyl/N-ethyl adjacent to an activating group) is 1. The van der Waals surface area contributed by atoms with Crippen LogP contribution in [0.25, 0.3) is 0 Å². The molecule has 1 unspecified atom stereocenters. The van der Waals surface area contributed by atoms with Crippen molar-refractivity contribution in [3.05, 3.63) is 0 Å². The van der Waals surface area contributed by atoms with E-state index in [1.165, 1.54) is 4.90 Å². The zero-order valence-electron chi connectivity index (χ0n) is 8.60. The lowest BCUT2D eigenvalue weighted by Gasteiger charge is -2.15. The van der Waals surface area contributed by atoms with Crippen molar-refractivity contribution in [2.24, 2.45) is 0 Å². The number of carbonyl (C=O) groups is 1. The molecular formula is C9H19INO2+. The Morgan fingerprint density at radius 1 is 1.46 bits per heavy atom. The highest BCUT2D eigenvalue weighted by Crippen LogP contribution is 1.99. The van der Waals surface area contributed by atoms with Gasteiger partial charge in [0.2, 0.25) is 0 Å². The number of hydrogen-bond acceptors (Lipinski definition) is 2. The van der Waals surface area contributed by atoms with E-state index >= 15 is 0 Å². The number of nitrogens with one attached hydrogen (secondary N) is 1. The zero-order chi connectivity index (χ0) is 10.3. The summed E-state index contributed by atoms with van der Waals surface area (Å²) in [7, 11) is 0. The molecule has 0 saturated carbocycles. The largest absolute Gasteiger partial charge is 0.459 e. The van der Waals surface area contributed by atoms with Gasteiger partial charge in [0, 0.05) is 0 Å². The Labute approximate surface area is 94.0 Å². The van der Waals surface area contributed by atoms with Crippen LogP contribution >= 0.6 is 22.6 Å². The Morgan fingerprint density at radius 2 is 2.00 bits per heavy atom. The molecule has 13 heavy (non-hydrogen) atoms. The van der Waals surface area contributed by atoms with Gasteiger partial charge in [-0.15, -0.1) is 0 Å². The molecule has 0 aromatic heterocycles. The first-order chi connectivity index (χ1) is 6.11. The molecule has 0 aliphatic carbocycles. The normalized spacial score (nSPS) is 13.0. The number of quaternary nitrogens is 1. The monoisotopic (exact) mass is 300 g/mol. The number of carbonyl (C=O) groups excluding carboxylic acids is 1. The molecule has 0 aliphatic heterocycles. The quantitative estimate of drug-likeness (QED) is 0.434. The maximum absolute atomic E-state index is 11.1. The number of rotatable bonds is 6. The van der Waals surface area contributed by atoms with Crippen LogP contribution in [0.4, 0.5) is 0 Å². The highest BCUT2D eigenvalue weighted by molar-refractivity contribution is 14.1. The number of halogens is 1. The summed E-state index contributed by atoms with van der Waals surface area (Å²) in [6.07, 6.45) is 0. The van der Waals surface area contributed by atoms with Gasteiger partial charge in [-0.25, -0.2) is 0 Å². The van der Waals surface area contributed by atoms with Crippen LogP contribution in [-0.2, 0) is 9.53 Å². The molecule has 0 heterocycles. The average molecular weight is 300 g/mol. The van der Waals surface area contributed by atoms with Crippen molar-refractivity contribution >= 4 is 28.6 Å². The van der Waals surface area contributed by atoms with E-state index in [4.69, 9.17) is 4.74 Å². The first-order valence-electron chi connectivity index (χ1n) is 4.76. The molecule has 0 aliphatic rings. The Bertz CT molecular complexity index is 147. The standard InChI is InChI=1S/C9H18INO2/c1-4-11(5-2)6-7-13-9(12)8(3)10/h8H,4-7H2,1-3H3/p+1. The van der Waals surface area contributed by atoms with Crippen molar-refractivity contribution < 1.29 is 14.4 Å². The predicted octanol–water partition coefficient (Wildman–Crippen LogP) is 0.278. The lowest BCUT2D eigenvalue weighted by molar-refractivity contribution is -0.896. The second kappa shape index (κ2) is 7.55. The minimum Gasteiger partial charge on any atom is -0.459 e. The fourth-order valence-corrected chi connectivity index (χ4v) is 1.19. The lowest BCUT2D eigenvalue weighted by Crippen LogP contribution is -3.11. The summed E-state index contributed by atoms with van der Waals surface area (Å²) in [5.74, 6) is -0.104. The SMILES string of the molecule is CC[NH+](CC)CCOC(=O)C(C)I. The number of esters is 1. The lowest BCUT2D eigenvalue weighted by atomic mass is 10.5. The molecule has 0 aromatic carbocycles. The average Bonchev–Trinajstić information content (AvgIpc) is 2.12. The molecule has 78 valence electrons. The molecule has 0 saturated heterocycles. The van der Waals surface area contributed by atoms with Crippen molar-refractivity contribution in [3.8, 4) is 0 Å². The predicted molar refractivity (Wildman–Crippen MR) is 61.4 cm³/mol. The summed E-state index contributed by atoms with van der Waals surface area (Å²) >= 11 is 2.06. The summed E-state index contributed by atoms with van der Waals surface area (Å²) < 4.78 is 5.03. The van der Waals surface area contributed by atoms with Gasteiger partial charge in [-0.1, -0.05) is 22.6 Å². The number of ether oxygens (including phenoxy) is 1. The minimum atomic E-state index is -0.104. The molecule has 1 atom stereocenters. The van der Waals surface area contributed by atoms with E-state index in [0.29, 0.717) is 6.61 Å². The van der Waals surface area contributed by atoms with Crippen molar-refractivity contribution in [2.45, 2.75) is 24.7 Å². The van der Waals surface area contributed by atoms with Crippen LogP contribution in [0, 0.1) is 0 Å². The van der Waals surface area contributed by atoms with Crippen LogP contribution in [0.3, 0.4) is 0 Å². The molecule has 0 aromatic rings. The molecule has 0 amide bonds. The summed E-state index contributed by atoms with van der Waals surface area (Å²) in [6, 6.07) is 0. The maximum Gasteiger partial charge on any atom is 0.318 e. The molecule has 0 radical (unpaired) electrons. The van der Waals surface area contributed by atoms with Crippen LogP contribution in [0.5, 0.6) is 0 Å². The fourth-order valence-electron chi connectivity index (χ4n) is 1.01. The molecular weight excluding hydrogens is 281 g/mol. The van der Waals surface area contributed by atoms with Crippen LogP contribution in [0.1, 0.15) is 20.8 Å². The summed E-state index contributed by atoms with van der Waals surface area (Å²) in [4.78, 5) is 12.5. The third-order valence-corrected chi connectivity index (χ3v) is 2.53. The van der Waals surface area contributed by atoms with Gasteiger partial charge in [-0.05, 0) is 20.8 Å². The zero-order valence-corrected chi connectivity index (χ0v) is 10.8. The van der Waals surface area contributed by atoms with E-state index in [-0.39, 0.29) is 9.89 Å². The topological polar surface area (TPSA) is 30.7 Å². The summed E-state index contributed by atoms with van der Waals surface area (Å²) in [6.45, 7) is 9.77. The van der Waals surface area contributed by atoms with Gasteiger partial charge in [-0.2, -0.15) is 0 Å². The van der Waals surface area contributed by atoms with E-state index < -0.39 is 0 Å². The molecule has 0 fully saturated rings. The molecule has 3 nitrogen and oxygen atoms in total.